The number of quaternary nitrogens is 1. The number of amidine groups is 1. The maximum atomic E-state index is 12.4. The average Bonchev–Trinajstić information content (AvgIpc) is 2.57. The van der Waals surface area contributed by atoms with Gasteiger partial charge >= 0.3 is 6.03 Å². The van der Waals surface area contributed by atoms with E-state index in [1.165, 1.54) is 4.90 Å². The number of amides is 4. The number of halogens is 2. The van der Waals surface area contributed by atoms with E-state index in [1.807, 2.05) is 13.8 Å². The summed E-state index contributed by atoms with van der Waals surface area (Å²) in [6.07, 6.45) is 1.84. The number of carbonyl (C=O) groups excluding carboxylic acids is 3. The van der Waals surface area contributed by atoms with Crippen molar-refractivity contribution in [3.63, 3.8) is 0 Å². The van der Waals surface area contributed by atoms with Crippen molar-refractivity contribution in [1.82, 2.24) is 15.5 Å². The molecule has 1 aliphatic heterocycles. The highest BCUT2D eigenvalue weighted by atomic mass is 35.5. The zero-order chi connectivity index (χ0) is 20.6. The van der Waals surface area contributed by atoms with Crippen LogP contribution in [0.2, 0.25) is 0 Å². The van der Waals surface area contributed by atoms with Crippen molar-refractivity contribution in [3.05, 3.63) is 0 Å². The van der Waals surface area contributed by atoms with Gasteiger partial charge in [0.1, 0.15) is 6.04 Å². The number of likely N-dealkylation sites (N-methyl/N-ethyl adjacent to an activating group) is 1. The van der Waals surface area contributed by atoms with Gasteiger partial charge in [-0.2, -0.15) is 0 Å². The van der Waals surface area contributed by atoms with E-state index in [9.17, 15) is 14.4 Å². The Morgan fingerprint density at radius 1 is 1.38 bits per heavy atom. The van der Waals surface area contributed by atoms with Crippen LogP contribution in [0.4, 0.5) is 4.79 Å². The molecule has 0 aliphatic carbocycles. The van der Waals surface area contributed by atoms with Gasteiger partial charge < -0.3 is 41.2 Å². The molecule has 0 fully saturated rings. The third-order valence-corrected chi connectivity index (χ3v) is 4.27. The molecule has 0 bridgehead atoms. The molecule has 10 N–H and O–H groups in total. The number of urea groups is 1. The Morgan fingerprint density at radius 2 is 2.00 bits per heavy atom. The Kier molecular flexibility index (Phi) is 14.0. The first-order valence-electron chi connectivity index (χ1n) is 8.98. The van der Waals surface area contributed by atoms with Crippen LogP contribution in [0.25, 0.3) is 0 Å². The lowest BCUT2D eigenvalue weighted by atomic mass is 10.1. The number of hydrogen-bond donors (Lipinski definition) is 6. The third-order valence-electron chi connectivity index (χ3n) is 4.27. The van der Waals surface area contributed by atoms with Crippen LogP contribution in [-0.2, 0) is 9.59 Å². The molecule has 0 aromatic heterocycles. The highest BCUT2D eigenvalue weighted by Crippen LogP contribution is 2.07. The first-order chi connectivity index (χ1) is 12.6. The van der Waals surface area contributed by atoms with Crippen LogP contribution in [0.5, 0.6) is 0 Å². The van der Waals surface area contributed by atoms with E-state index in [0.29, 0.717) is 0 Å². The second kappa shape index (κ2) is 14.0. The smallest absolute Gasteiger partial charge is 0.318 e. The predicted octanol–water partition coefficient (Wildman–Crippen LogP) is -10.1. The fraction of sp³-hybridized carbons (Fsp3) is 0.688. The molecule has 0 saturated carbocycles. The molecular formula is C16H32Cl2N8O3. The summed E-state index contributed by atoms with van der Waals surface area (Å²) in [5, 5.41) is 4.62. The minimum atomic E-state index is -0.820. The molecule has 4 amide bonds. The number of carbonyl (C=O) groups is 3. The number of guanidine groups is 1. The number of nitrogens with zero attached hydrogens (tertiary/aromatic N) is 2. The standard InChI is InChI=1S/C16H30N8O3.2ClH/c1-9(2)13(18)20-6-4-5-10(17)7-12(25)24(3)11-8-21-16(22-14(11)26)23-15(19)27;;/h9-11H,4-8,17H2,1-3H3,(H2,18,20)(H4,19,21,22,23,26,27);2*1H/t10-,11?;;/m0../s1. The highest BCUT2D eigenvalue weighted by molar-refractivity contribution is 6.07. The highest BCUT2D eigenvalue weighted by Gasteiger charge is 2.31. The second-order valence-corrected chi connectivity index (χ2v) is 6.94. The predicted molar refractivity (Wildman–Crippen MR) is 100 cm³/mol. The second-order valence-electron chi connectivity index (χ2n) is 6.94. The summed E-state index contributed by atoms with van der Waals surface area (Å²) < 4.78 is 0. The van der Waals surface area contributed by atoms with Crippen molar-refractivity contribution in [2.45, 2.75) is 45.2 Å². The number of hydrogen-bond acceptors (Lipinski definition) is 4. The lowest BCUT2D eigenvalue weighted by Gasteiger charge is -2.29. The van der Waals surface area contributed by atoms with E-state index < -0.39 is 18.0 Å². The first kappa shape index (κ1) is 29.1. The Hall–Kier alpha value is -2.11. The summed E-state index contributed by atoms with van der Waals surface area (Å²) in [5.74, 6) is 0.413. The van der Waals surface area contributed by atoms with Gasteiger partial charge in [-0.3, -0.25) is 30.9 Å². The normalized spacial score (nSPS) is 17.3. The summed E-state index contributed by atoms with van der Waals surface area (Å²) in [7, 11) is 1.56. The van der Waals surface area contributed by atoms with Gasteiger partial charge in [-0.1, -0.05) is 13.8 Å². The van der Waals surface area contributed by atoms with Crippen LogP contribution in [0.15, 0.2) is 4.99 Å². The van der Waals surface area contributed by atoms with Gasteiger partial charge in [0.15, 0.2) is 0 Å². The third kappa shape index (κ3) is 10.3. The van der Waals surface area contributed by atoms with Crippen LogP contribution in [0, 0.1) is 5.92 Å². The van der Waals surface area contributed by atoms with Crippen molar-refractivity contribution >= 4 is 29.6 Å². The van der Waals surface area contributed by atoms with Crippen molar-refractivity contribution in [3.8, 4) is 0 Å². The number of nitrogens with two attached hydrogens (primary N) is 2. The molecule has 1 unspecified atom stereocenters. The molecule has 1 aliphatic rings. The minimum absolute atomic E-state index is 0. The number of primary amides is 1. The van der Waals surface area contributed by atoms with Crippen LogP contribution in [0.1, 0.15) is 33.1 Å². The van der Waals surface area contributed by atoms with Crippen molar-refractivity contribution in [2.75, 3.05) is 20.1 Å². The van der Waals surface area contributed by atoms with E-state index in [-0.39, 0.29) is 61.6 Å². The van der Waals surface area contributed by atoms with E-state index in [0.717, 1.165) is 25.2 Å². The number of nitrogens with one attached hydrogen (secondary N) is 3. The van der Waals surface area contributed by atoms with Crippen LogP contribution >= 0.6 is 0 Å². The van der Waals surface area contributed by atoms with Crippen molar-refractivity contribution in [2.24, 2.45) is 22.4 Å². The van der Waals surface area contributed by atoms with Gasteiger partial charge in [0.2, 0.25) is 17.7 Å². The molecule has 11 nitrogen and oxygen atoms in total. The Bertz CT molecular complexity index is 627. The molecule has 0 radical (unpaired) electrons. The van der Waals surface area contributed by atoms with Gasteiger partial charge in [0.25, 0.3) is 5.91 Å². The van der Waals surface area contributed by atoms with Crippen LogP contribution in [-0.4, -0.2) is 66.8 Å². The zero-order valence-corrected chi connectivity index (χ0v) is 18.5. The molecular weight excluding hydrogens is 423 g/mol. The molecule has 0 aromatic rings. The maximum absolute atomic E-state index is 12.4. The summed E-state index contributed by atoms with van der Waals surface area (Å²) in [5.41, 5.74) is 14.8. The minimum Gasteiger partial charge on any atom is -1.00 e. The van der Waals surface area contributed by atoms with E-state index >= 15 is 0 Å². The van der Waals surface area contributed by atoms with Crippen molar-refractivity contribution < 1.29 is 49.9 Å². The van der Waals surface area contributed by atoms with Crippen molar-refractivity contribution in [1.29, 1.82) is 0 Å². The lowest BCUT2D eigenvalue weighted by Crippen LogP contribution is -3.00. The first-order valence-corrected chi connectivity index (χ1v) is 8.98. The van der Waals surface area contributed by atoms with Gasteiger partial charge in [0, 0.05) is 13.5 Å². The molecule has 0 saturated heterocycles. The molecule has 0 aromatic carbocycles. The van der Waals surface area contributed by atoms with E-state index in [2.05, 4.69) is 26.4 Å². The average molecular weight is 455 g/mol. The largest absolute Gasteiger partial charge is 1.00 e. The quantitative estimate of drug-likeness (QED) is 0.121. The summed E-state index contributed by atoms with van der Waals surface area (Å²) in [6.45, 7) is 4.81. The van der Waals surface area contributed by atoms with E-state index in [4.69, 9.17) is 11.5 Å². The molecule has 29 heavy (non-hydrogen) atoms. The molecule has 168 valence electrons. The zero-order valence-electron chi connectivity index (χ0n) is 17.0. The summed E-state index contributed by atoms with van der Waals surface area (Å²) in [6, 6.07) is -1.62. The molecule has 0 spiro atoms. The Morgan fingerprint density at radius 3 is 2.52 bits per heavy atom. The lowest BCUT2D eigenvalue weighted by molar-refractivity contribution is -0.466. The molecule has 2 atom stereocenters. The van der Waals surface area contributed by atoms with Crippen LogP contribution < -0.4 is 57.6 Å². The summed E-state index contributed by atoms with van der Waals surface area (Å²) in [4.78, 5) is 43.9. The molecule has 1 rings (SSSR count). The fourth-order valence-electron chi connectivity index (χ4n) is 2.48. The monoisotopic (exact) mass is 454 g/mol. The van der Waals surface area contributed by atoms with Crippen LogP contribution in [0.3, 0.4) is 0 Å². The summed E-state index contributed by atoms with van der Waals surface area (Å²) >= 11 is 0. The van der Waals surface area contributed by atoms with Gasteiger partial charge in [0.05, 0.1) is 31.5 Å². The van der Waals surface area contributed by atoms with Gasteiger partial charge in [-0.25, -0.2) is 9.79 Å². The Labute approximate surface area is 183 Å². The SMILES string of the molecule is CC(C)C(N)=[NH+]CCC[C@H]([NH3+])CC(=O)N(C)C1CN=C(NC(N)=O)NC1=O.[Cl-].[Cl-]. The van der Waals surface area contributed by atoms with E-state index in [1.54, 1.807) is 7.05 Å². The molecule has 13 heteroatoms. The topological polar surface area (TPSA) is 185 Å². The number of rotatable bonds is 8. The van der Waals surface area contributed by atoms with Gasteiger partial charge in [-0.15, -0.1) is 0 Å². The number of aliphatic imine (C=N–C) groups is 1. The Balaban J connectivity index is 0. The fourth-order valence-corrected chi connectivity index (χ4v) is 2.48. The molecule has 1 heterocycles. The van der Waals surface area contributed by atoms with Gasteiger partial charge in [-0.05, 0) is 6.42 Å². The maximum Gasteiger partial charge on any atom is 0.318 e.